The summed E-state index contributed by atoms with van der Waals surface area (Å²) in [6, 6.07) is 9.38. The van der Waals surface area contributed by atoms with Crippen LogP contribution in [0.4, 0.5) is 5.69 Å². The SMILES string of the molecule is CN(C(=O)CCC1CCCC1)c1ccccc1C#N. The maximum Gasteiger partial charge on any atom is 0.226 e. The number of para-hydroxylation sites is 1. The maximum atomic E-state index is 12.2. The van der Waals surface area contributed by atoms with Crippen LogP contribution in [0.1, 0.15) is 44.1 Å². The number of rotatable bonds is 4. The summed E-state index contributed by atoms with van der Waals surface area (Å²) in [5.74, 6) is 0.832. The predicted molar refractivity (Wildman–Crippen MR) is 75.8 cm³/mol. The first-order valence-electron chi connectivity index (χ1n) is 6.98. The Morgan fingerprint density at radius 2 is 2.05 bits per heavy atom. The monoisotopic (exact) mass is 256 g/mol. The van der Waals surface area contributed by atoms with Crippen LogP contribution in [0, 0.1) is 17.2 Å². The lowest BCUT2D eigenvalue weighted by molar-refractivity contribution is -0.118. The molecule has 0 bridgehead atoms. The number of benzene rings is 1. The third-order valence-electron chi connectivity index (χ3n) is 4.00. The summed E-state index contributed by atoms with van der Waals surface area (Å²) in [6.07, 6.45) is 6.73. The topological polar surface area (TPSA) is 44.1 Å². The summed E-state index contributed by atoms with van der Waals surface area (Å²) in [4.78, 5) is 13.8. The van der Waals surface area contributed by atoms with Crippen LogP contribution in [-0.2, 0) is 4.79 Å². The molecule has 0 aliphatic heterocycles. The molecule has 0 N–H and O–H groups in total. The van der Waals surface area contributed by atoms with Crippen molar-refractivity contribution in [2.75, 3.05) is 11.9 Å². The zero-order valence-electron chi connectivity index (χ0n) is 11.4. The molecule has 1 aliphatic carbocycles. The number of hydrogen-bond donors (Lipinski definition) is 0. The van der Waals surface area contributed by atoms with Gasteiger partial charge in [0.2, 0.25) is 5.91 Å². The summed E-state index contributed by atoms with van der Waals surface area (Å²) in [6.45, 7) is 0. The Morgan fingerprint density at radius 1 is 1.37 bits per heavy atom. The van der Waals surface area contributed by atoms with Crippen LogP contribution in [0.3, 0.4) is 0 Å². The highest BCUT2D eigenvalue weighted by Gasteiger charge is 2.19. The quantitative estimate of drug-likeness (QED) is 0.827. The van der Waals surface area contributed by atoms with Gasteiger partial charge in [0, 0.05) is 13.5 Å². The molecule has 2 rings (SSSR count). The fraction of sp³-hybridized carbons (Fsp3) is 0.500. The molecule has 0 atom stereocenters. The second kappa shape index (κ2) is 6.38. The molecule has 0 spiro atoms. The van der Waals surface area contributed by atoms with Gasteiger partial charge in [-0.3, -0.25) is 4.79 Å². The first-order chi connectivity index (χ1) is 9.22. The second-order valence-electron chi connectivity index (χ2n) is 5.27. The number of carbonyl (C=O) groups excluding carboxylic acids is 1. The molecular formula is C16H20N2O. The number of amides is 1. The first-order valence-corrected chi connectivity index (χ1v) is 6.98. The Kier molecular flexibility index (Phi) is 4.57. The molecule has 3 heteroatoms. The molecule has 0 unspecified atom stereocenters. The average Bonchev–Trinajstić information content (AvgIpc) is 2.97. The molecule has 1 aliphatic rings. The van der Waals surface area contributed by atoms with Crippen LogP contribution >= 0.6 is 0 Å². The molecule has 0 saturated heterocycles. The molecule has 1 aromatic rings. The van der Waals surface area contributed by atoms with Gasteiger partial charge in [-0.15, -0.1) is 0 Å². The van der Waals surface area contributed by atoms with Crippen LogP contribution in [-0.4, -0.2) is 13.0 Å². The number of anilines is 1. The predicted octanol–water partition coefficient (Wildman–Crippen LogP) is 3.49. The number of nitrogens with zero attached hydrogens (tertiary/aromatic N) is 2. The minimum Gasteiger partial charge on any atom is -0.314 e. The fourth-order valence-electron chi connectivity index (χ4n) is 2.79. The molecule has 1 saturated carbocycles. The van der Waals surface area contributed by atoms with Gasteiger partial charge in [0.15, 0.2) is 0 Å². The van der Waals surface area contributed by atoms with E-state index in [9.17, 15) is 4.79 Å². The van der Waals surface area contributed by atoms with Crippen molar-refractivity contribution in [2.24, 2.45) is 5.92 Å². The highest BCUT2D eigenvalue weighted by atomic mass is 16.2. The Balaban J connectivity index is 1.96. The zero-order valence-corrected chi connectivity index (χ0v) is 11.4. The molecular weight excluding hydrogens is 236 g/mol. The van der Waals surface area contributed by atoms with E-state index >= 15 is 0 Å². The van der Waals surface area contributed by atoms with Crippen molar-refractivity contribution in [1.82, 2.24) is 0 Å². The van der Waals surface area contributed by atoms with Gasteiger partial charge < -0.3 is 4.90 Å². The third-order valence-corrected chi connectivity index (χ3v) is 4.00. The lowest BCUT2D eigenvalue weighted by Crippen LogP contribution is -2.27. The minimum atomic E-state index is 0.106. The second-order valence-corrected chi connectivity index (χ2v) is 5.27. The van der Waals surface area contributed by atoms with Gasteiger partial charge >= 0.3 is 0 Å². The van der Waals surface area contributed by atoms with Gasteiger partial charge in [-0.05, 0) is 24.5 Å². The van der Waals surface area contributed by atoms with Crippen molar-refractivity contribution in [2.45, 2.75) is 38.5 Å². The maximum absolute atomic E-state index is 12.2. The van der Waals surface area contributed by atoms with E-state index in [0.29, 0.717) is 17.7 Å². The summed E-state index contributed by atoms with van der Waals surface area (Å²) in [7, 11) is 1.76. The van der Waals surface area contributed by atoms with E-state index in [0.717, 1.165) is 12.3 Å². The highest BCUT2D eigenvalue weighted by molar-refractivity contribution is 5.94. The van der Waals surface area contributed by atoms with E-state index in [-0.39, 0.29) is 5.91 Å². The standard InChI is InChI=1S/C16H20N2O/c1-18(15-9-5-4-8-14(15)12-17)16(19)11-10-13-6-2-3-7-13/h4-5,8-9,13H,2-3,6-7,10-11H2,1H3. The van der Waals surface area contributed by atoms with Gasteiger partial charge in [-0.25, -0.2) is 0 Å². The number of hydrogen-bond acceptors (Lipinski definition) is 2. The van der Waals surface area contributed by atoms with E-state index < -0.39 is 0 Å². The minimum absolute atomic E-state index is 0.106. The summed E-state index contributed by atoms with van der Waals surface area (Å²) >= 11 is 0. The number of carbonyl (C=O) groups is 1. The first kappa shape index (κ1) is 13.6. The highest BCUT2D eigenvalue weighted by Crippen LogP contribution is 2.29. The summed E-state index contributed by atoms with van der Waals surface area (Å²) < 4.78 is 0. The van der Waals surface area contributed by atoms with Crippen molar-refractivity contribution in [3.63, 3.8) is 0 Å². The van der Waals surface area contributed by atoms with Crippen molar-refractivity contribution < 1.29 is 4.79 Å². The Hall–Kier alpha value is -1.82. The van der Waals surface area contributed by atoms with Crippen molar-refractivity contribution in [3.8, 4) is 6.07 Å². The molecule has 19 heavy (non-hydrogen) atoms. The molecule has 1 fully saturated rings. The lowest BCUT2D eigenvalue weighted by atomic mass is 10.0. The summed E-state index contributed by atoms with van der Waals surface area (Å²) in [5.41, 5.74) is 1.26. The third kappa shape index (κ3) is 3.35. The van der Waals surface area contributed by atoms with E-state index in [4.69, 9.17) is 5.26 Å². The van der Waals surface area contributed by atoms with Gasteiger partial charge in [0.1, 0.15) is 6.07 Å². The van der Waals surface area contributed by atoms with Crippen LogP contribution in [0.5, 0.6) is 0 Å². The van der Waals surface area contributed by atoms with E-state index in [1.807, 2.05) is 18.2 Å². The van der Waals surface area contributed by atoms with Gasteiger partial charge in [-0.1, -0.05) is 37.8 Å². The molecule has 100 valence electrons. The molecule has 1 amide bonds. The largest absolute Gasteiger partial charge is 0.314 e. The van der Waals surface area contributed by atoms with Crippen LogP contribution in [0.15, 0.2) is 24.3 Å². The average molecular weight is 256 g/mol. The van der Waals surface area contributed by atoms with Crippen molar-refractivity contribution >= 4 is 11.6 Å². The Labute approximate surface area is 114 Å². The Morgan fingerprint density at radius 3 is 2.74 bits per heavy atom. The molecule has 3 nitrogen and oxygen atoms in total. The van der Waals surface area contributed by atoms with Crippen LogP contribution < -0.4 is 4.90 Å². The summed E-state index contributed by atoms with van der Waals surface area (Å²) in [5, 5.41) is 9.06. The van der Waals surface area contributed by atoms with Crippen molar-refractivity contribution in [3.05, 3.63) is 29.8 Å². The smallest absolute Gasteiger partial charge is 0.226 e. The molecule has 0 heterocycles. The Bertz CT molecular complexity index is 484. The molecule has 0 aromatic heterocycles. The van der Waals surface area contributed by atoms with Crippen molar-refractivity contribution in [1.29, 1.82) is 5.26 Å². The normalized spacial score (nSPS) is 15.2. The van der Waals surface area contributed by atoms with Crippen LogP contribution in [0.25, 0.3) is 0 Å². The molecule has 0 radical (unpaired) electrons. The van der Waals surface area contributed by atoms with Crippen LogP contribution in [0.2, 0.25) is 0 Å². The van der Waals surface area contributed by atoms with Gasteiger partial charge in [-0.2, -0.15) is 5.26 Å². The van der Waals surface area contributed by atoms with Gasteiger partial charge in [0.25, 0.3) is 0 Å². The molecule has 1 aromatic carbocycles. The lowest BCUT2D eigenvalue weighted by Gasteiger charge is -2.19. The van der Waals surface area contributed by atoms with E-state index in [2.05, 4.69) is 6.07 Å². The zero-order chi connectivity index (χ0) is 13.7. The van der Waals surface area contributed by atoms with E-state index in [1.54, 1.807) is 18.0 Å². The van der Waals surface area contributed by atoms with E-state index in [1.165, 1.54) is 25.7 Å². The fourth-order valence-corrected chi connectivity index (χ4v) is 2.79. The van der Waals surface area contributed by atoms with Gasteiger partial charge in [0.05, 0.1) is 11.3 Å². The number of nitriles is 1.